The Balaban J connectivity index is 1.89. The second-order valence-corrected chi connectivity index (χ2v) is 8.95. The molecule has 0 saturated carbocycles. The Hall–Kier alpha value is -3.03. The zero-order chi connectivity index (χ0) is 23.1. The van der Waals surface area contributed by atoms with Crippen molar-refractivity contribution in [1.29, 1.82) is 0 Å². The van der Waals surface area contributed by atoms with Crippen molar-refractivity contribution in [1.82, 2.24) is 9.55 Å². The van der Waals surface area contributed by atoms with E-state index in [2.05, 4.69) is 27.7 Å². The standard InChI is InChI=1S/C25H27N3O4/c1-6-25(31)18-7-19-22-16(9-28(19)23(29)17(18)10-32-24(25)30)15(8-26)20-13(4)11(2)12(3)14(5)21(20)27-22/h7,31H,6,8-10,26H2,1-5H3/t25-/m0/s1. The monoisotopic (exact) mass is 433 g/mol. The molecule has 0 radical (unpaired) electrons. The van der Waals surface area contributed by atoms with E-state index in [9.17, 15) is 14.7 Å². The van der Waals surface area contributed by atoms with E-state index < -0.39 is 11.6 Å². The first kappa shape index (κ1) is 20.8. The quantitative estimate of drug-likeness (QED) is 0.471. The molecule has 0 fully saturated rings. The minimum absolute atomic E-state index is 0.116. The van der Waals surface area contributed by atoms with Crippen LogP contribution in [0.15, 0.2) is 10.9 Å². The zero-order valence-electron chi connectivity index (χ0n) is 19.0. The molecule has 7 heteroatoms. The molecule has 5 rings (SSSR count). The molecular formula is C25H27N3O4. The molecule has 0 spiro atoms. The number of hydrogen-bond acceptors (Lipinski definition) is 6. The third-order valence-corrected chi connectivity index (χ3v) is 7.64. The number of hydrogen-bond donors (Lipinski definition) is 2. The van der Waals surface area contributed by atoms with E-state index in [0.29, 0.717) is 35.6 Å². The van der Waals surface area contributed by atoms with Crippen LogP contribution in [-0.2, 0) is 34.8 Å². The highest BCUT2D eigenvalue weighted by Crippen LogP contribution is 2.41. The molecule has 3 aromatic rings. The van der Waals surface area contributed by atoms with Gasteiger partial charge < -0.3 is 20.1 Å². The molecule has 0 aliphatic carbocycles. The summed E-state index contributed by atoms with van der Waals surface area (Å²) in [5.41, 5.74) is 13.6. The first-order chi connectivity index (χ1) is 15.2. The molecule has 1 aromatic carbocycles. The number of carbonyl (C=O) groups is 1. The molecule has 1 atom stereocenters. The van der Waals surface area contributed by atoms with Crippen LogP contribution in [0.1, 0.15) is 57.9 Å². The summed E-state index contributed by atoms with van der Waals surface area (Å²) in [5, 5.41) is 12.1. The third kappa shape index (κ3) is 2.40. The van der Waals surface area contributed by atoms with Crippen LogP contribution in [-0.4, -0.2) is 20.6 Å². The summed E-state index contributed by atoms with van der Waals surface area (Å²) in [6.45, 7) is 10.6. The first-order valence-corrected chi connectivity index (χ1v) is 10.9. The Morgan fingerprint density at radius 1 is 1.12 bits per heavy atom. The molecule has 4 heterocycles. The second-order valence-electron chi connectivity index (χ2n) is 8.95. The van der Waals surface area contributed by atoms with E-state index in [1.165, 1.54) is 11.1 Å². The number of nitrogens with two attached hydrogens (primary N) is 1. The van der Waals surface area contributed by atoms with Gasteiger partial charge in [-0.3, -0.25) is 4.79 Å². The maximum absolute atomic E-state index is 13.4. The predicted molar refractivity (Wildman–Crippen MR) is 121 cm³/mol. The van der Waals surface area contributed by atoms with Crippen LogP contribution in [0, 0.1) is 27.7 Å². The number of cyclic esters (lactones) is 1. The van der Waals surface area contributed by atoms with Gasteiger partial charge in [0.15, 0.2) is 5.60 Å². The minimum Gasteiger partial charge on any atom is -0.458 e. The van der Waals surface area contributed by atoms with E-state index >= 15 is 0 Å². The highest BCUT2D eigenvalue weighted by Gasteiger charge is 2.45. The molecule has 2 aliphatic heterocycles. The summed E-state index contributed by atoms with van der Waals surface area (Å²) in [7, 11) is 0. The number of fused-ring (bicyclic) bond motifs is 5. The number of esters is 1. The van der Waals surface area contributed by atoms with Crippen molar-refractivity contribution < 1.29 is 14.6 Å². The fraction of sp³-hybridized carbons (Fsp3) is 0.400. The van der Waals surface area contributed by atoms with E-state index in [4.69, 9.17) is 15.5 Å². The highest BCUT2D eigenvalue weighted by atomic mass is 16.6. The van der Waals surface area contributed by atoms with Gasteiger partial charge in [-0.2, -0.15) is 0 Å². The van der Waals surface area contributed by atoms with E-state index in [-0.39, 0.29) is 18.6 Å². The van der Waals surface area contributed by atoms with Crippen molar-refractivity contribution in [2.75, 3.05) is 0 Å². The van der Waals surface area contributed by atoms with Crippen molar-refractivity contribution in [3.8, 4) is 11.4 Å². The summed E-state index contributed by atoms with van der Waals surface area (Å²) in [4.78, 5) is 30.8. The van der Waals surface area contributed by atoms with Gasteiger partial charge in [-0.25, -0.2) is 9.78 Å². The number of pyridine rings is 2. The molecular weight excluding hydrogens is 406 g/mol. The predicted octanol–water partition coefficient (Wildman–Crippen LogP) is 2.77. The van der Waals surface area contributed by atoms with E-state index in [1.807, 2.05) is 0 Å². The summed E-state index contributed by atoms with van der Waals surface area (Å²) < 4.78 is 6.82. The van der Waals surface area contributed by atoms with Crippen molar-refractivity contribution in [2.24, 2.45) is 5.73 Å². The normalized spacial score (nSPS) is 19.0. The zero-order valence-corrected chi connectivity index (χ0v) is 19.0. The molecule has 166 valence electrons. The van der Waals surface area contributed by atoms with Gasteiger partial charge in [0.1, 0.15) is 6.61 Å². The van der Waals surface area contributed by atoms with Crippen LogP contribution < -0.4 is 11.3 Å². The molecule has 2 aromatic heterocycles. The lowest BCUT2D eigenvalue weighted by Crippen LogP contribution is -2.44. The lowest BCUT2D eigenvalue weighted by atomic mass is 9.86. The molecule has 2 aliphatic rings. The number of rotatable bonds is 2. The van der Waals surface area contributed by atoms with Gasteiger partial charge >= 0.3 is 5.97 Å². The average molecular weight is 434 g/mol. The Bertz CT molecular complexity index is 1420. The highest BCUT2D eigenvalue weighted by molar-refractivity contribution is 5.94. The lowest BCUT2D eigenvalue weighted by Gasteiger charge is -2.31. The fourth-order valence-corrected chi connectivity index (χ4v) is 5.29. The van der Waals surface area contributed by atoms with E-state index in [0.717, 1.165) is 33.2 Å². The van der Waals surface area contributed by atoms with Crippen molar-refractivity contribution in [3.63, 3.8) is 0 Å². The SMILES string of the molecule is CC[C@@]1(O)C(=O)OCc2c1cc1n(c2=O)Cc2c-1nc1c(C)c(C)c(C)c(C)c1c2CN. The number of nitrogens with zero attached hydrogens (tertiary/aromatic N) is 2. The smallest absolute Gasteiger partial charge is 0.343 e. The summed E-state index contributed by atoms with van der Waals surface area (Å²) in [5.74, 6) is -0.721. The van der Waals surface area contributed by atoms with Gasteiger partial charge in [0, 0.05) is 23.1 Å². The van der Waals surface area contributed by atoms with Gasteiger partial charge in [-0.05, 0) is 68.0 Å². The van der Waals surface area contributed by atoms with Crippen molar-refractivity contribution in [3.05, 3.63) is 60.9 Å². The van der Waals surface area contributed by atoms with Gasteiger partial charge in [-0.1, -0.05) is 6.92 Å². The number of aromatic nitrogens is 2. The average Bonchev–Trinajstić information content (AvgIpc) is 3.16. The van der Waals surface area contributed by atoms with Crippen LogP contribution >= 0.6 is 0 Å². The maximum Gasteiger partial charge on any atom is 0.343 e. The Morgan fingerprint density at radius 3 is 2.47 bits per heavy atom. The first-order valence-electron chi connectivity index (χ1n) is 10.9. The topological polar surface area (TPSA) is 107 Å². The van der Waals surface area contributed by atoms with E-state index in [1.54, 1.807) is 17.6 Å². The number of ether oxygens (including phenoxy) is 1. The number of carbonyl (C=O) groups excluding carboxylic acids is 1. The van der Waals surface area contributed by atoms with Gasteiger partial charge in [0.25, 0.3) is 5.56 Å². The summed E-state index contributed by atoms with van der Waals surface area (Å²) in [6, 6.07) is 1.74. The van der Waals surface area contributed by atoms with Crippen LogP contribution in [0.4, 0.5) is 0 Å². The van der Waals surface area contributed by atoms with Gasteiger partial charge in [0.2, 0.25) is 0 Å². The largest absolute Gasteiger partial charge is 0.458 e. The van der Waals surface area contributed by atoms with Crippen LogP contribution in [0.3, 0.4) is 0 Å². The molecule has 7 nitrogen and oxygen atoms in total. The molecule has 0 saturated heterocycles. The van der Waals surface area contributed by atoms with Crippen LogP contribution in [0.2, 0.25) is 0 Å². The summed E-state index contributed by atoms with van der Waals surface area (Å²) in [6.07, 6.45) is 0.116. The number of benzene rings is 1. The van der Waals surface area contributed by atoms with Crippen LogP contribution in [0.25, 0.3) is 22.3 Å². The van der Waals surface area contributed by atoms with Gasteiger partial charge in [0.05, 0.1) is 29.0 Å². The van der Waals surface area contributed by atoms with Crippen molar-refractivity contribution in [2.45, 2.75) is 66.3 Å². The molecule has 0 unspecified atom stereocenters. The third-order valence-electron chi connectivity index (χ3n) is 7.64. The minimum atomic E-state index is -1.83. The molecule has 0 amide bonds. The Morgan fingerprint density at radius 2 is 1.81 bits per heavy atom. The lowest BCUT2D eigenvalue weighted by molar-refractivity contribution is -0.172. The number of aliphatic hydroxyl groups is 1. The van der Waals surface area contributed by atoms with Gasteiger partial charge in [-0.15, -0.1) is 0 Å². The maximum atomic E-state index is 13.4. The Kier molecular flexibility index (Phi) is 4.39. The second kappa shape index (κ2) is 6.73. The molecule has 0 bridgehead atoms. The van der Waals surface area contributed by atoms with Crippen molar-refractivity contribution >= 4 is 16.9 Å². The Labute approximate surface area is 185 Å². The summed E-state index contributed by atoms with van der Waals surface area (Å²) >= 11 is 0. The number of aryl methyl sites for hydroxylation is 2. The molecule has 3 N–H and O–H groups in total. The molecule has 32 heavy (non-hydrogen) atoms. The fourth-order valence-electron chi connectivity index (χ4n) is 5.29. The van der Waals surface area contributed by atoms with Crippen LogP contribution in [0.5, 0.6) is 0 Å².